The fraction of sp³-hybridized carbons (Fsp3) is 0.300. The molecule has 0 aliphatic carbocycles. The molecular formula is C20H23N3O5. The van der Waals surface area contributed by atoms with Crippen molar-refractivity contribution in [2.75, 3.05) is 21.3 Å². The molecule has 0 spiro atoms. The van der Waals surface area contributed by atoms with E-state index in [0.29, 0.717) is 28.6 Å². The van der Waals surface area contributed by atoms with E-state index in [1.165, 1.54) is 21.3 Å². The number of rotatable bonds is 7. The Balaban J connectivity index is 2.53. The Kier molecular flexibility index (Phi) is 7.08. The van der Waals surface area contributed by atoms with Crippen LogP contribution in [0.3, 0.4) is 0 Å². The van der Waals surface area contributed by atoms with Crippen molar-refractivity contribution >= 4 is 17.4 Å². The molecule has 0 unspecified atom stereocenters. The quantitative estimate of drug-likeness (QED) is 0.412. The second-order valence-corrected chi connectivity index (χ2v) is 5.85. The van der Waals surface area contributed by atoms with Gasteiger partial charge in [-0.1, -0.05) is 22.4 Å². The third-order valence-corrected chi connectivity index (χ3v) is 3.84. The molecule has 0 aliphatic heterocycles. The number of oxime groups is 2. The minimum absolute atomic E-state index is 0.0114. The van der Waals surface area contributed by atoms with Gasteiger partial charge in [0, 0.05) is 5.56 Å². The van der Waals surface area contributed by atoms with Crippen LogP contribution < -0.4 is 4.74 Å². The van der Waals surface area contributed by atoms with Crippen LogP contribution in [0.4, 0.5) is 0 Å². The summed E-state index contributed by atoms with van der Waals surface area (Å²) in [5.41, 5.74) is 3.44. The van der Waals surface area contributed by atoms with Gasteiger partial charge in [-0.15, -0.1) is 0 Å². The van der Waals surface area contributed by atoms with Crippen molar-refractivity contribution in [3.05, 3.63) is 52.7 Å². The Morgan fingerprint density at radius 3 is 2.32 bits per heavy atom. The van der Waals surface area contributed by atoms with Crippen LogP contribution in [0.1, 0.15) is 29.3 Å². The molecule has 2 aromatic rings. The van der Waals surface area contributed by atoms with E-state index >= 15 is 0 Å². The predicted molar refractivity (Wildman–Crippen MR) is 105 cm³/mol. The number of nitrogens with zero attached hydrogens (tertiary/aromatic N) is 3. The van der Waals surface area contributed by atoms with Gasteiger partial charge in [0.05, 0.1) is 18.4 Å². The molecule has 0 aliphatic rings. The molecular weight excluding hydrogens is 362 g/mol. The molecule has 1 aromatic carbocycles. The third-order valence-electron chi connectivity index (χ3n) is 3.84. The van der Waals surface area contributed by atoms with E-state index in [1.54, 1.807) is 31.2 Å². The van der Waals surface area contributed by atoms with Gasteiger partial charge in [-0.25, -0.2) is 9.78 Å². The fourth-order valence-electron chi connectivity index (χ4n) is 2.62. The van der Waals surface area contributed by atoms with Crippen molar-refractivity contribution in [1.29, 1.82) is 0 Å². The zero-order valence-corrected chi connectivity index (χ0v) is 16.8. The highest BCUT2D eigenvalue weighted by atomic mass is 16.6. The van der Waals surface area contributed by atoms with Crippen LogP contribution in [-0.2, 0) is 19.2 Å². The minimum atomic E-state index is -0.643. The van der Waals surface area contributed by atoms with Crippen LogP contribution in [0.25, 0.3) is 0 Å². The molecule has 0 N–H and O–H groups in total. The van der Waals surface area contributed by atoms with E-state index in [1.807, 2.05) is 19.9 Å². The molecule has 0 saturated carbocycles. The van der Waals surface area contributed by atoms with E-state index in [0.717, 1.165) is 11.1 Å². The van der Waals surface area contributed by atoms with Crippen LogP contribution >= 0.6 is 0 Å². The molecule has 0 radical (unpaired) electrons. The molecule has 1 aromatic heterocycles. The van der Waals surface area contributed by atoms with Crippen LogP contribution in [0, 0.1) is 13.8 Å². The first kappa shape index (κ1) is 20.9. The standard InChI is InChI=1S/C20H23N3O5/c1-12-11-13(2)19(21-17(12)14(3)22-26-5)28-16-10-8-7-9-15(16)18(23-27-6)20(24)25-4/h7-11H,1-6H3/b22-14-,23-18+. The van der Waals surface area contributed by atoms with Crippen LogP contribution in [-0.4, -0.2) is 43.7 Å². The number of methoxy groups -OCH3 is 1. The molecule has 0 amide bonds. The number of aromatic nitrogens is 1. The van der Waals surface area contributed by atoms with E-state index < -0.39 is 5.97 Å². The highest BCUT2D eigenvalue weighted by Crippen LogP contribution is 2.28. The number of carbonyl (C=O) groups is 1. The maximum absolute atomic E-state index is 12.1. The summed E-state index contributed by atoms with van der Waals surface area (Å²) in [6, 6.07) is 8.88. The van der Waals surface area contributed by atoms with Gasteiger partial charge in [-0.05, 0) is 44.5 Å². The summed E-state index contributed by atoms with van der Waals surface area (Å²) in [5.74, 6) is 0.117. The van der Waals surface area contributed by atoms with Gasteiger partial charge in [-0.2, -0.15) is 0 Å². The minimum Gasteiger partial charge on any atom is -0.464 e. The maximum Gasteiger partial charge on any atom is 0.360 e. The summed E-state index contributed by atoms with van der Waals surface area (Å²) in [5, 5.41) is 7.72. The lowest BCUT2D eigenvalue weighted by atomic mass is 10.1. The van der Waals surface area contributed by atoms with Crippen molar-refractivity contribution in [2.45, 2.75) is 20.8 Å². The summed E-state index contributed by atoms with van der Waals surface area (Å²) in [7, 11) is 4.10. The maximum atomic E-state index is 12.1. The van der Waals surface area contributed by atoms with E-state index in [-0.39, 0.29) is 5.71 Å². The number of para-hydroxylation sites is 1. The number of carbonyl (C=O) groups excluding carboxylic acids is 1. The van der Waals surface area contributed by atoms with Gasteiger partial charge in [0.25, 0.3) is 0 Å². The zero-order valence-electron chi connectivity index (χ0n) is 16.8. The van der Waals surface area contributed by atoms with Gasteiger partial charge in [0.15, 0.2) is 5.71 Å². The van der Waals surface area contributed by atoms with E-state index in [2.05, 4.69) is 15.3 Å². The summed E-state index contributed by atoms with van der Waals surface area (Å²) in [6.07, 6.45) is 0. The normalized spacial score (nSPS) is 11.8. The average molecular weight is 385 g/mol. The van der Waals surface area contributed by atoms with Gasteiger partial charge < -0.3 is 19.1 Å². The summed E-state index contributed by atoms with van der Waals surface area (Å²) >= 11 is 0. The van der Waals surface area contributed by atoms with Crippen molar-refractivity contribution in [3.63, 3.8) is 0 Å². The number of hydrogen-bond donors (Lipinski definition) is 0. The average Bonchev–Trinajstić information content (AvgIpc) is 2.68. The summed E-state index contributed by atoms with van der Waals surface area (Å²) in [4.78, 5) is 26.3. The number of hydrogen-bond acceptors (Lipinski definition) is 8. The van der Waals surface area contributed by atoms with Gasteiger partial charge in [0.1, 0.15) is 25.7 Å². The van der Waals surface area contributed by atoms with E-state index in [4.69, 9.17) is 19.1 Å². The molecule has 2 rings (SSSR count). The first-order valence-electron chi connectivity index (χ1n) is 8.46. The van der Waals surface area contributed by atoms with E-state index in [9.17, 15) is 4.79 Å². The lowest BCUT2D eigenvalue weighted by molar-refractivity contribution is -0.132. The van der Waals surface area contributed by atoms with Gasteiger partial charge in [0.2, 0.25) is 5.88 Å². The zero-order chi connectivity index (χ0) is 20.7. The summed E-state index contributed by atoms with van der Waals surface area (Å²) < 4.78 is 10.8. The second kappa shape index (κ2) is 9.50. The molecule has 8 nitrogen and oxygen atoms in total. The Morgan fingerprint density at radius 1 is 1.00 bits per heavy atom. The van der Waals surface area contributed by atoms with Gasteiger partial charge in [-0.3, -0.25) is 0 Å². The SMILES string of the molecule is CO/N=C(/C)c1nc(Oc2ccccc2/C(=N\OC)C(=O)OC)c(C)cc1C. The smallest absolute Gasteiger partial charge is 0.360 e. The van der Waals surface area contributed by atoms with Gasteiger partial charge >= 0.3 is 5.97 Å². The monoisotopic (exact) mass is 385 g/mol. The molecule has 0 atom stereocenters. The first-order chi connectivity index (χ1) is 13.4. The van der Waals surface area contributed by atoms with Crippen molar-refractivity contribution in [1.82, 2.24) is 4.98 Å². The van der Waals surface area contributed by atoms with Crippen molar-refractivity contribution in [2.24, 2.45) is 10.3 Å². The highest BCUT2D eigenvalue weighted by Gasteiger charge is 2.21. The Labute approximate surface area is 163 Å². The molecule has 1 heterocycles. The largest absolute Gasteiger partial charge is 0.464 e. The topological polar surface area (TPSA) is 91.6 Å². The molecule has 0 bridgehead atoms. The Morgan fingerprint density at radius 2 is 1.68 bits per heavy atom. The molecule has 148 valence electrons. The molecule has 8 heteroatoms. The third kappa shape index (κ3) is 4.64. The lowest BCUT2D eigenvalue weighted by Crippen LogP contribution is -2.18. The molecule has 0 saturated heterocycles. The van der Waals surface area contributed by atoms with Crippen LogP contribution in [0.2, 0.25) is 0 Å². The highest BCUT2D eigenvalue weighted by molar-refractivity contribution is 6.43. The number of benzene rings is 1. The lowest BCUT2D eigenvalue weighted by Gasteiger charge is -2.14. The van der Waals surface area contributed by atoms with Crippen molar-refractivity contribution < 1.29 is 23.9 Å². The van der Waals surface area contributed by atoms with Crippen LogP contribution in [0.5, 0.6) is 11.6 Å². The Bertz CT molecular complexity index is 922. The molecule has 28 heavy (non-hydrogen) atoms. The van der Waals surface area contributed by atoms with Crippen molar-refractivity contribution in [3.8, 4) is 11.6 Å². The number of ether oxygens (including phenoxy) is 2. The number of esters is 1. The first-order valence-corrected chi connectivity index (χ1v) is 8.46. The van der Waals surface area contributed by atoms with Crippen LogP contribution in [0.15, 0.2) is 40.6 Å². The second-order valence-electron chi connectivity index (χ2n) is 5.85. The Hall–Kier alpha value is -3.42. The predicted octanol–water partition coefficient (Wildman–Crippen LogP) is 3.38. The number of aryl methyl sites for hydroxylation is 2. The summed E-state index contributed by atoms with van der Waals surface area (Å²) in [6.45, 7) is 5.61. The number of pyridine rings is 1. The molecule has 0 fully saturated rings. The fourth-order valence-corrected chi connectivity index (χ4v) is 2.62.